The van der Waals surface area contributed by atoms with E-state index in [4.69, 9.17) is 0 Å². The van der Waals surface area contributed by atoms with E-state index in [0.29, 0.717) is 11.5 Å². The summed E-state index contributed by atoms with van der Waals surface area (Å²) in [5.41, 5.74) is 1.93. The molecular formula is C19H20N6O. The molecule has 0 radical (unpaired) electrons. The normalized spacial score (nSPS) is 10.2. The Hall–Kier alpha value is -3.48. The zero-order valence-electron chi connectivity index (χ0n) is 14.5. The molecule has 0 unspecified atom stereocenters. The van der Waals surface area contributed by atoms with Gasteiger partial charge in [0.1, 0.15) is 0 Å². The summed E-state index contributed by atoms with van der Waals surface area (Å²) < 4.78 is 0. The van der Waals surface area contributed by atoms with E-state index in [0.717, 1.165) is 18.8 Å². The largest absolute Gasteiger partial charge is 0.358 e. The number of amides is 2. The maximum Gasteiger partial charge on any atom is 0.324 e. The molecule has 0 aliphatic carbocycles. The zero-order chi connectivity index (χ0) is 18.2. The van der Waals surface area contributed by atoms with E-state index in [1.54, 1.807) is 18.5 Å². The maximum atomic E-state index is 12.0. The number of rotatable bonds is 6. The van der Waals surface area contributed by atoms with Crippen LogP contribution in [0.2, 0.25) is 0 Å². The van der Waals surface area contributed by atoms with Crippen LogP contribution in [0, 0.1) is 0 Å². The molecule has 0 bridgehead atoms. The van der Waals surface area contributed by atoms with Crippen molar-refractivity contribution in [2.75, 3.05) is 29.1 Å². The van der Waals surface area contributed by atoms with Crippen LogP contribution in [0.3, 0.4) is 0 Å². The lowest BCUT2D eigenvalue weighted by molar-refractivity contribution is 0.262. The Kier molecular flexibility index (Phi) is 5.72. The van der Waals surface area contributed by atoms with Gasteiger partial charge in [-0.15, -0.1) is 10.2 Å². The highest BCUT2D eigenvalue weighted by atomic mass is 16.2. The van der Waals surface area contributed by atoms with Crippen LogP contribution in [0.15, 0.2) is 67.0 Å². The van der Waals surface area contributed by atoms with Gasteiger partial charge in [-0.25, -0.2) is 4.79 Å². The van der Waals surface area contributed by atoms with Gasteiger partial charge in [0.2, 0.25) is 0 Å². The lowest BCUT2D eigenvalue weighted by atomic mass is 10.2. The third-order valence-corrected chi connectivity index (χ3v) is 3.80. The van der Waals surface area contributed by atoms with Crippen LogP contribution in [0.5, 0.6) is 0 Å². The second-order valence-electron chi connectivity index (χ2n) is 5.75. The zero-order valence-corrected chi connectivity index (χ0v) is 14.5. The van der Waals surface area contributed by atoms with Gasteiger partial charge < -0.3 is 10.2 Å². The van der Waals surface area contributed by atoms with Gasteiger partial charge in [0, 0.05) is 31.7 Å². The van der Waals surface area contributed by atoms with Gasteiger partial charge in [-0.1, -0.05) is 18.2 Å². The lowest BCUT2D eigenvalue weighted by Crippen LogP contribution is -2.23. The fourth-order valence-corrected chi connectivity index (χ4v) is 2.36. The van der Waals surface area contributed by atoms with Crippen molar-refractivity contribution < 1.29 is 4.79 Å². The summed E-state index contributed by atoms with van der Waals surface area (Å²) >= 11 is 0. The lowest BCUT2D eigenvalue weighted by Gasteiger charge is -2.17. The average Bonchev–Trinajstić information content (AvgIpc) is 2.68. The third kappa shape index (κ3) is 5.01. The minimum Gasteiger partial charge on any atom is -0.358 e. The number of urea groups is 1. The predicted molar refractivity (Wildman–Crippen MR) is 102 cm³/mol. The van der Waals surface area contributed by atoms with Gasteiger partial charge in [0.25, 0.3) is 0 Å². The molecule has 0 saturated heterocycles. The van der Waals surface area contributed by atoms with Crippen LogP contribution in [0.4, 0.5) is 22.1 Å². The van der Waals surface area contributed by atoms with Gasteiger partial charge >= 0.3 is 6.03 Å². The minimum absolute atomic E-state index is 0.357. The first-order valence-corrected chi connectivity index (χ1v) is 8.27. The summed E-state index contributed by atoms with van der Waals surface area (Å²) in [5.74, 6) is 1.14. The number of nitrogens with one attached hydrogen (secondary N) is 2. The van der Waals surface area contributed by atoms with Crippen molar-refractivity contribution in [3.63, 3.8) is 0 Å². The molecule has 2 aromatic heterocycles. The smallest absolute Gasteiger partial charge is 0.324 e. The van der Waals surface area contributed by atoms with Gasteiger partial charge in [0.15, 0.2) is 11.6 Å². The highest BCUT2D eigenvalue weighted by Gasteiger charge is 2.07. The third-order valence-electron chi connectivity index (χ3n) is 3.80. The Morgan fingerprint density at radius 1 is 0.962 bits per heavy atom. The topological polar surface area (TPSA) is 83.0 Å². The SMILES string of the molecule is CN(CCc1ccncc1)c1ccc(NC(=O)Nc2ccccc2)nn1. The molecule has 7 nitrogen and oxygen atoms in total. The number of hydrogen-bond acceptors (Lipinski definition) is 5. The molecule has 2 heterocycles. The number of carbonyl (C=O) groups excluding carboxylic acids is 1. The number of likely N-dealkylation sites (N-methyl/N-ethyl adjacent to an activating group) is 1. The monoisotopic (exact) mass is 348 g/mol. The number of pyridine rings is 1. The summed E-state index contributed by atoms with van der Waals surface area (Å²) in [6.07, 6.45) is 4.46. The second kappa shape index (κ2) is 8.57. The summed E-state index contributed by atoms with van der Waals surface area (Å²) in [4.78, 5) is 18.0. The first kappa shape index (κ1) is 17.3. The van der Waals surface area contributed by atoms with E-state index in [-0.39, 0.29) is 6.03 Å². The molecule has 0 spiro atoms. The van der Waals surface area contributed by atoms with Gasteiger partial charge in [-0.2, -0.15) is 0 Å². The maximum absolute atomic E-state index is 12.0. The number of anilines is 3. The molecule has 0 aliphatic heterocycles. The van der Waals surface area contributed by atoms with Crippen molar-refractivity contribution in [1.29, 1.82) is 0 Å². The molecule has 0 atom stereocenters. The van der Waals surface area contributed by atoms with E-state index in [2.05, 4.69) is 25.8 Å². The summed E-state index contributed by atoms with van der Waals surface area (Å²) in [6.45, 7) is 0.806. The van der Waals surface area contributed by atoms with Crippen LogP contribution in [-0.2, 0) is 6.42 Å². The number of aromatic nitrogens is 3. The molecule has 3 rings (SSSR count). The molecular weight excluding hydrogens is 328 g/mol. The molecule has 26 heavy (non-hydrogen) atoms. The van der Waals surface area contributed by atoms with Gasteiger partial charge in [-0.3, -0.25) is 10.3 Å². The number of carbonyl (C=O) groups is 1. The van der Waals surface area contributed by atoms with Crippen molar-refractivity contribution in [2.24, 2.45) is 0 Å². The molecule has 3 aromatic rings. The fourth-order valence-electron chi connectivity index (χ4n) is 2.36. The van der Waals surface area contributed by atoms with E-state index in [1.165, 1.54) is 5.56 Å². The Labute approximate surface area is 152 Å². The molecule has 0 saturated carbocycles. The van der Waals surface area contributed by atoms with Crippen molar-refractivity contribution in [3.05, 3.63) is 72.6 Å². The number of para-hydroxylation sites is 1. The van der Waals surface area contributed by atoms with Gasteiger partial charge in [0.05, 0.1) is 0 Å². The molecule has 2 N–H and O–H groups in total. The Bertz CT molecular complexity index is 824. The van der Waals surface area contributed by atoms with Crippen molar-refractivity contribution in [3.8, 4) is 0 Å². The Balaban J connectivity index is 1.51. The highest BCUT2D eigenvalue weighted by Crippen LogP contribution is 2.12. The van der Waals surface area contributed by atoms with Crippen molar-refractivity contribution >= 4 is 23.4 Å². The van der Waals surface area contributed by atoms with Crippen LogP contribution in [0.1, 0.15) is 5.56 Å². The summed E-state index contributed by atoms with van der Waals surface area (Å²) in [5, 5.41) is 13.6. The highest BCUT2D eigenvalue weighted by molar-refractivity contribution is 5.99. The van der Waals surface area contributed by atoms with Crippen LogP contribution >= 0.6 is 0 Å². The predicted octanol–water partition coefficient (Wildman–Crippen LogP) is 3.19. The number of nitrogens with zero attached hydrogens (tertiary/aromatic N) is 4. The number of hydrogen-bond donors (Lipinski definition) is 2. The summed E-state index contributed by atoms with van der Waals surface area (Å²) in [7, 11) is 1.96. The summed E-state index contributed by atoms with van der Waals surface area (Å²) in [6, 6.07) is 16.4. The van der Waals surface area contributed by atoms with E-state index >= 15 is 0 Å². The van der Waals surface area contributed by atoms with E-state index < -0.39 is 0 Å². The molecule has 0 fully saturated rings. The van der Waals surface area contributed by atoms with Crippen molar-refractivity contribution in [2.45, 2.75) is 6.42 Å². The van der Waals surface area contributed by atoms with E-state index in [1.807, 2.05) is 60.5 Å². The first-order chi connectivity index (χ1) is 12.7. The Morgan fingerprint density at radius 2 is 1.73 bits per heavy atom. The molecule has 2 amide bonds. The fraction of sp³-hybridized carbons (Fsp3) is 0.158. The molecule has 7 heteroatoms. The molecule has 132 valence electrons. The Morgan fingerprint density at radius 3 is 2.42 bits per heavy atom. The van der Waals surface area contributed by atoms with Gasteiger partial charge in [-0.05, 0) is 48.4 Å². The van der Waals surface area contributed by atoms with Crippen LogP contribution in [-0.4, -0.2) is 34.8 Å². The minimum atomic E-state index is -0.357. The number of benzene rings is 1. The second-order valence-corrected chi connectivity index (χ2v) is 5.75. The van der Waals surface area contributed by atoms with E-state index in [9.17, 15) is 4.79 Å². The standard InChI is InChI=1S/C19H20N6O/c1-25(14-11-15-9-12-20-13-10-15)18-8-7-17(23-24-18)22-19(26)21-16-5-3-2-4-6-16/h2-10,12-13H,11,14H2,1H3,(H2,21,22,23,26). The van der Waals surface area contributed by atoms with Crippen molar-refractivity contribution in [1.82, 2.24) is 15.2 Å². The quantitative estimate of drug-likeness (QED) is 0.715. The van der Waals surface area contributed by atoms with Crippen LogP contribution in [0.25, 0.3) is 0 Å². The molecule has 1 aromatic carbocycles. The molecule has 0 aliphatic rings. The average molecular weight is 348 g/mol. The van der Waals surface area contributed by atoms with Crippen LogP contribution < -0.4 is 15.5 Å². The first-order valence-electron chi connectivity index (χ1n) is 8.27.